The topological polar surface area (TPSA) is 56.9 Å². The van der Waals surface area contributed by atoms with Gasteiger partial charge >= 0.3 is 5.69 Å². The zero-order valence-corrected chi connectivity index (χ0v) is 10.1. The summed E-state index contributed by atoms with van der Waals surface area (Å²) in [5, 5.41) is 0. The Balaban J connectivity index is 2.40. The molecule has 0 aliphatic heterocycles. The summed E-state index contributed by atoms with van der Waals surface area (Å²) in [4.78, 5) is 27.4. The van der Waals surface area contributed by atoms with Gasteiger partial charge in [-0.3, -0.25) is 4.57 Å². The maximum absolute atomic E-state index is 12.4. The average Bonchev–Trinajstić information content (AvgIpc) is 2.73. The van der Waals surface area contributed by atoms with E-state index in [1.165, 1.54) is 9.13 Å². The quantitative estimate of drug-likeness (QED) is 0.663. The molecule has 0 saturated carbocycles. The van der Waals surface area contributed by atoms with Crippen LogP contribution in [0.1, 0.15) is 0 Å². The van der Waals surface area contributed by atoms with Crippen LogP contribution in [0.2, 0.25) is 0 Å². The van der Waals surface area contributed by atoms with Crippen LogP contribution in [-0.2, 0) is 11.3 Å². The summed E-state index contributed by atoms with van der Waals surface area (Å²) in [6.45, 7) is 0.0286. The third-order valence-electron chi connectivity index (χ3n) is 2.96. The van der Waals surface area contributed by atoms with Gasteiger partial charge in [0.1, 0.15) is 6.29 Å². The second-order valence-corrected chi connectivity index (χ2v) is 4.08. The van der Waals surface area contributed by atoms with E-state index in [2.05, 4.69) is 4.98 Å². The predicted octanol–water partition coefficient (Wildman–Crippen LogP) is 1.39. The molecule has 0 aliphatic carbocycles. The van der Waals surface area contributed by atoms with E-state index in [-0.39, 0.29) is 12.2 Å². The highest BCUT2D eigenvalue weighted by atomic mass is 16.2. The standard InChI is InChI=1S/C14H11N3O2/c18-10-9-16-12-7-4-8-15-13(12)17(14(16)19)11-5-2-1-3-6-11/h1-8,10H,9H2. The van der Waals surface area contributed by atoms with Gasteiger partial charge in [0.05, 0.1) is 17.7 Å². The van der Waals surface area contributed by atoms with Gasteiger partial charge in [0.2, 0.25) is 0 Å². The fourth-order valence-electron chi connectivity index (χ4n) is 2.15. The van der Waals surface area contributed by atoms with E-state index >= 15 is 0 Å². The van der Waals surface area contributed by atoms with E-state index in [0.29, 0.717) is 17.5 Å². The van der Waals surface area contributed by atoms with Crippen LogP contribution in [0.25, 0.3) is 16.9 Å². The number of pyridine rings is 1. The highest BCUT2D eigenvalue weighted by Crippen LogP contribution is 2.14. The zero-order valence-electron chi connectivity index (χ0n) is 10.1. The lowest BCUT2D eigenvalue weighted by molar-refractivity contribution is -0.108. The number of carbonyl (C=O) groups excluding carboxylic acids is 1. The number of imidazole rings is 1. The van der Waals surface area contributed by atoms with Crippen molar-refractivity contribution in [2.75, 3.05) is 0 Å². The van der Waals surface area contributed by atoms with Crippen molar-refractivity contribution >= 4 is 17.5 Å². The van der Waals surface area contributed by atoms with Gasteiger partial charge in [-0.05, 0) is 24.3 Å². The minimum atomic E-state index is -0.257. The second-order valence-electron chi connectivity index (χ2n) is 4.08. The second kappa shape index (κ2) is 4.53. The molecule has 5 nitrogen and oxygen atoms in total. The average molecular weight is 253 g/mol. The summed E-state index contributed by atoms with van der Waals surface area (Å²) >= 11 is 0. The molecule has 0 fully saturated rings. The Bertz CT molecular complexity index is 787. The Kier molecular flexibility index (Phi) is 2.72. The molecule has 19 heavy (non-hydrogen) atoms. The van der Waals surface area contributed by atoms with Crippen molar-refractivity contribution < 1.29 is 4.79 Å². The molecule has 3 aromatic rings. The van der Waals surface area contributed by atoms with Crippen LogP contribution in [-0.4, -0.2) is 20.4 Å². The first kappa shape index (κ1) is 11.4. The summed E-state index contributed by atoms with van der Waals surface area (Å²) in [6, 6.07) is 12.8. The maximum Gasteiger partial charge on any atom is 0.335 e. The van der Waals surface area contributed by atoms with Crippen molar-refractivity contribution in [3.63, 3.8) is 0 Å². The van der Waals surface area contributed by atoms with Crippen molar-refractivity contribution in [1.82, 2.24) is 14.1 Å². The lowest BCUT2D eigenvalue weighted by Gasteiger charge is -2.00. The number of rotatable bonds is 3. The first-order valence-electron chi connectivity index (χ1n) is 5.88. The number of aromatic nitrogens is 3. The summed E-state index contributed by atoms with van der Waals surface area (Å²) in [6.07, 6.45) is 2.34. The smallest absolute Gasteiger partial charge is 0.301 e. The maximum atomic E-state index is 12.4. The van der Waals surface area contributed by atoms with Crippen LogP contribution < -0.4 is 5.69 Å². The molecular formula is C14H11N3O2. The molecule has 0 N–H and O–H groups in total. The number of para-hydroxylation sites is 1. The van der Waals surface area contributed by atoms with Gasteiger partial charge in [-0.15, -0.1) is 0 Å². The number of nitrogens with zero attached hydrogens (tertiary/aromatic N) is 3. The van der Waals surface area contributed by atoms with Crippen LogP contribution >= 0.6 is 0 Å². The van der Waals surface area contributed by atoms with Crippen molar-refractivity contribution in [3.8, 4) is 5.69 Å². The van der Waals surface area contributed by atoms with Crippen molar-refractivity contribution in [3.05, 3.63) is 59.1 Å². The molecule has 94 valence electrons. The van der Waals surface area contributed by atoms with E-state index in [9.17, 15) is 9.59 Å². The van der Waals surface area contributed by atoms with Gasteiger partial charge < -0.3 is 4.79 Å². The largest absolute Gasteiger partial charge is 0.335 e. The molecule has 0 aliphatic rings. The van der Waals surface area contributed by atoms with Crippen molar-refractivity contribution in [2.24, 2.45) is 0 Å². The summed E-state index contributed by atoms with van der Waals surface area (Å²) in [7, 11) is 0. The fraction of sp³-hybridized carbons (Fsp3) is 0.0714. The molecule has 5 heteroatoms. The summed E-state index contributed by atoms with van der Waals surface area (Å²) < 4.78 is 2.93. The molecule has 1 aromatic carbocycles. The molecule has 0 atom stereocenters. The molecule has 3 rings (SSSR count). The highest BCUT2D eigenvalue weighted by Gasteiger charge is 2.14. The molecule has 0 bridgehead atoms. The summed E-state index contributed by atoms with van der Waals surface area (Å²) in [5.41, 5.74) is 1.69. The van der Waals surface area contributed by atoms with E-state index < -0.39 is 0 Å². The van der Waals surface area contributed by atoms with E-state index in [0.717, 1.165) is 5.69 Å². The van der Waals surface area contributed by atoms with E-state index in [1.807, 2.05) is 30.3 Å². The number of carbonyl (C=O) groups is 1. The molecular weight excluding hydrogens is 242 g/mol. The number of hydrogen-bond acceptors (Lipinski definition) is 3. The SMILES string of the molecule is O=CCn1c(=O)n(-c2ccccc2)c2ncccc21. The Morgan fingerprint density at radius 3 is 2.63 bits per heavy atom. The molecule has 0 amide bonds. The van der Waals surface area contributed by atoms with Crippen molar-refractivity contribution in [2.45, 2.75) is 6.54 Å². The number of hydrogen-bond donors (Lipinski definition) is 0. The summed E-state index contributed by atoms with van der Waals surface area (Å²) in [5.74, 6) is 0. The first-order valence-corrected chi connectivity index (χ1v) is 5.88. The minimum Gasteiger partial charge on any atom is -0.301 e. The molecule has 2 heterocycles. The molecule has 0 unspecified atom stereocenters. The number of benzene rings is 1. The molecule has 0 saturated heterocycles. The third-order valence-corrected chi connectivity index (χ3v) is 2.96. The molecule has 0 radical (unpaired) electrons. The van der Waals surface area contributed by atoms with Gasteiger partial charge in [0.15, 0.2) is 5.65 Å². The Hall–Kier alpha value is -2.69. The van der Waals surface area contributed by atoms with Gasteiger partial charge in [-0.25, -0.2) is 14.3 Å². The Labute approximate surface area is 108 Å². The monoisotopic (exact) mass is 253 g/mol. The normalized spacial score (nSPS) is 10.7. The molecule has 2 aromatic heterocycles. The van der Waals surface area contributed by atoms with Crippen LogP contribution in [0.4, 0.5) is 0 Å². The fourth-order valence-corrected chi connectivity index (χ4v) is 2.15. The zero-order chi connectivity index (χ0) is 13.2. The van der Waals surface area contributed by atoms with E-state index in [1.54, 1.807) is 18.3 Å². The predicted molar refractivity (Wildman–Crippen MR) is 71.4 cm³/mol. The van der Waals surface area contributed by atoms with Gasteiger partial charge in [-0.2, -0.15) is 0 Å². The van der Waals surface area contributed by atoms with Crippen LogP contribution in [0, 0.1) is 0 Å². The Morgan fingerprint density at radius 2 is 1.89 bits per heavy atom. The lowest BCUT2D eigenvalue weighted by atomic mass is 10.3. The lowest BCUT2D eigenvalue weighted by Crippen LogP contribution is -2.23. The van der Waals surface area contributed by atoms with Crippen LogP contribution in [0.5, 0.6) is 0 Å². The van der Waals surface area contributed by atoms with Crippen LogP contribution in [0.3, 0.4) is 0 Å². The highest BCUT2D eigenvalue weighted by molar-refractivity contribution is 5.74. The molecule has 0 spiro atoms. The number of fused-ring (bicyclic) bond motifs is 1. The van der Waals surface area contributed by atoms with Gasteiger partial charge in [0, 0.05) is 6.20 Å². The van der Waals surface area contributed by atoms with Gasteiger partial charge in [-0.1, -0.05) is 18.2 Å². The van der Waals surface area contributed by atoms with E-state index in [4.69, 9.17) is 0 Å². The van der Waals surface area contributed by atoms with Crippen molar-refractivity contribution in [1.29, 1.82) is 0 Å². The van der Waals surface area contributed by atoms with Gasteiger partial charge in [0.25, 0.3) is 0 Å². The first-order chi connectivity index (χ1) is 9.33. The minimum absolute atomic E-state index is 0.0286. The third kappa shape index (κ3) is 1.76. The number of aldehydes is 1. The Morgan fingerprint density at radius 1 is 1.11 bits per heavy atom. The van der Waals surface area contributed by atoms with Crippen LogP contribution in [0.15, 0.2) is 53.5 Å².